The van der Waals surface area contributed by atoms with Crippen LogP contribution in [0.4, 0.5) is 11.4 Å². The molecule has 176 valence electrons. The van der Waals surface area contributed by atoms with Crippen molar-refractivity contribution < 1.29 is 28.7 Å². The highest BCUT2D eigenvalue weighted by Crippen LogP contribution is 2.30. The van der Waals surface area contributed by atoms with Gasteiger partial charge in [-0.15, -0.1) is 0 Å². The van der Waals surface area contributed by atoms with Crippen LogP contribution in [0.15, 0.2) is 72.3 Å². The Morgan fingerprint density at radius 2 is 1.66 bits per heavy atom. The topological polar surface area (TPSA) is 141 Å². The molecule has 0 aliphatic carbocycles. The summed E-state index contributed by atoms with van der Waals surface area (Å²) in [6, 6.07) is 18.3. The number of amides is 1. The summed E-state index contributed by atoms with van der Waals surface area (Å²) in [5, 5.41) is 23.3. The summed E-state index contributed by atoms with van der Waals surface area (Å²) < 4.78 is 15.5. The number of para-hydroxylation sites is 1. The first kappa shape index (κ1) is 24.5. The number of nitro groups is 1. The number of esters is 1. The summed E-state index contributed by atoms with van der Waals surface area (Å²) in [6.07, 6.45) is 1.22. The minimum Gasteiger partial charge on any atom is -0.497 e. The van der Waals surface area contributed by atoms with Gasteiger partial charge in [-0.05, 0) is 48.5 Å². The zero-order valence-corrected chi connectivity index (χ0v) is 18.7. The average Bonchev–Trinajstić information content (AvgIpc) is 2.88. The molecule has 10 nitrogen and oxygen atoms in total. The normalized spacial score (nSPS) is 10.6. The molecule has 0 unspecified atom stereocenters. The molecule has 0 fully saturated rings. The molecule has 10 heteroatoms. The number of rotatable bonds is 8. The number of hydrogen-bond acceptors (Lipinski definition) is 8. The minimum atomic E-state index is -0.878. The Morgan fingerprint density at radius 3 is 2.29 bits per heavy atom. The Kier molecular flexibility index (Phi) is 7.77. The van der Waals surface area contributed by atoms with E-state index in [1.54, 1.807) is 36.4 Å². The van der Waals surface area contributed by atoms with Gasteiger partial charge < -0.3 is 19.5 Å². The number of benzene rings is 3. The van der Waals surface area contributed by atoms with Crippen molar-refractivity contribution in [2.75, 3.05) is 19.5 Å². The van der Waals surface area contributed by atoms with Crippen molar-refractivity contribution in [1.82, 2.24) is 0 Å². The van der Waals surface area contributed by atoms with Crippen LogP contribution in [0.2, 0.25) is 0 Å². The molecule has 3 rings (SSSR count). The van der Waals surface area contributed by atoms with Gasteiger partial charge in [-0.3, -0.25) is 14.9 Å². The Hall–Kier alpha value is -5.17. The van der Waals surface area contributed by atoms with Crippen LogP contribution < -0.4 is 19.5 Å². The molecule has 0 atom stereocenters. The minimum absolute atomic E-state index is 0.110. The van der Waals surface area contributed by atoms with Crippen LogP contribution >= 0.6 is 0 Å². The monoisotopic (exact) mass is 473 g/mol. The zero-order valence-electron chi connectivity index (χ0n) is 18.7. The standard InChI is InChI=1S/C25H19N3O7/c1-33-19-9-7-16(8-10-19)25(30)35-23-6-4-3-5-17(23)13-18(15-26)24(29)27-21-12-11-20(34-2)14-22(21)28(31)32/h3-14H,1-2H3,(H,27,29)/b18-13+. The van der Waals surface area contributed by atoms with Crippen LogP contribution in [0, 0.1) is 21.4 Å². The molecule has 0 spiro atoms. The molecular formula is C25H19N3O7. The molecule has 0 radical (unpaired) electrons. The fourth-order valence-corrected chi connectivity index (χ4v) is 2.97. The fourth-order valence-electron chi connectivity index (χ4n) is 2.97. The number of nitrogens with zero attached hydrogens (tertiary/aromatic N) is 2. The van der Waals surface area contributed by atoms with Gasteiger partial charge in [0.15, 0.2) is 0 Å². The maximum absolute atomic E-state index is 12.7. The second-order valence-corrected chi connectivity index (χ2v) is 6.92. The number of nitriles is 1. The van der Waals surface area contributed by atoms with Crippen molar-refractivity contribution in [3.8, 4) is 23.3 Å². The van der Waals surface area contributed by atoms with Crippen molar-refractivity contribution in [3.05, 3.63) is 93.5 Å². The van der Waals surface area contributed by atoms with E-state index >= 15 is 0 Å². The van der Waals surface area contributed by atoms with Crippen molar-refractivity contribution >= 4 is 29.3 Å². The van der Waals surface area contributed by atoms with Crippen molar-refractivity contribution in [2.45, 2.75) is 0 Å². The number of ether oxygens (including phenoxy) is 3. The third kappa shape index (κ3) is 6.00. The molecule has 1 amide bonds. The van der Waals surface area contributed by atoms with Gasteiger partial charge >= 0.3 is 5.97 Å². The SMILES string of the molecule is COc1ccc(C(=O)Oc2ccccc2/C=C(\C#N)C(=O)Nc2ccc(OC)cc2[N+](=O)[O-])cc1. The number of carbonyl (C=O) groups is 2. The first-order valence-electron chi connectivity index (χ1n) is 10.1. The Morgan fingerprint density at radius 1 is 1.00 bits per heavy atom. The van der Waals surface area contributed by atoms with E-state index < -0.39 is 22.5 Å². The van der Waals surface area contributed by atoms with Gasteiger partial charge in [-0.2, -0.15) is 5.26 Å². The largest absolute Gasteiger partial charge is 0.497 e. The Balaban J connectivity index is 1.85. The van der Waals surface area contributed by atoms with Gasteiger partial charge in [0.1, 0.15) is 34.6 Å². The first-order chi connectivity index (χ1) is 16.9. The lowest BCUT2D eigenvalue weighted by atomic mass is 10.1. The summed E-state index contributed by atoms with van der Waals surface area (Å²) in [7, 11) is 2.86. The third-order valence-electron chi connectivity index (χ3n) is 4.76. The van der Waals surface area contributed by atoms with Crippen LogP contribution in [-0.2, 0) is 4.79 Å². The van der Waals surface area contributed by atoms with Gasteiger partial charge in [0.25, 0.3) is 11.6 Å². The molecule has 3 aromatic rings. The van der Waals surface area contributed by atoms with E-state index in [2.05, 4.69) is 5.32 Å². The quantitative estimate of drug-likeness (QED) is 0.127. The molecule has 0 bridgehead atoms. The lowest BCUT2D eigenvalue weighted by molar-refractivity contribution is -0.384. The fraction of sp³-hybridized carbons (Fsp3) is 0.0800. The smallest absolute Gasteiger partial charge is 0.343 e. The Bertz CT molecular complexity index is 1340. The zero-order chi connectivity index (χ0) is 25.4. The summed E-state index contributed by atoms with van der Waals surface area (Å²) in [5.41, 5.74) is -0.312. The first-order valence-corrected chi connectivity index (χ1v) is 10.1. The van der Waals surface area contributed by atoms with Crippen LogP contribution in [0.3, 0.4) is 0 Å². The van der Waals surface area contributed by atoms with Gasteiger partial charge in [0.05, 0.1) is 30.8 Å². The van der Waals surface area contributed by atoms with E-state index in [9.17, 15) is 25.0 Å². The summed E-state index contributed by atoms with van der Waals surface area (Å²) in [5.74, 6) is -0.600. The van der Waals surface area contributed by atoms with E-state index in [0.29, 0.717) is 5.75 Å². The van der Waals surface area contributed by atoms with E-state index in [0.717, 1.165) is 6.07 Å². The summed E-state index contributed by atoms with van der Waals surface area (Å²) in [4.78, 5) is 36.0. The lowest BCUT2D eigenvalue weighted by Crippen LogP contribution is -2.15. The Labute approximate surface area is 200 Å². The summed E-state index contributed by atoms with van der Waals surface area (Å²) >= 11 is 0. The lowest BCUT2D eigenvalue weighted by Gasteiger charge is -2.09. The third-order valence-corrected chi connectivity index (χ3v) is 4.76. The van der Waals surface area contributed by atoms with E-state index in [4.69, 9.17) is 14.2 Å². The number of carbonyl (C=O) groups excluding carboxylic acids is 2. The van der Waals surface area contributed by atoms with Gasteiger partial charge in [-0.1, -0.05) is 18.2 Å². The van der Waals surface area contributed by atoms with E-state index in [1.165, 1.54) is 50.6 Å². The maximum Gasteiger partial charge on any atom is 0.343 e. The number of hydrogen-bond donors (Lipinski definition) is 1. The molecule has 0 saturated carbocycles. The molecule has 0 aliphatic rings. The van der Waals surface area contributed by atoms with Gasteiger partial charge in [-0.25, -0.2) is 4.79 Å². The van der Waals surface area contributed by atoms with Gasteiger partial charge in [0.2, 0.25) is 0 Å². The maximum atomic E-state index is 12.7. The molecule has 35 heavy (non-hydrogen) atoms. The van der Waals surface area contributed by atoms with Crippen molar-refractivity contribution in [3.63, 3.8) is 0 Å². The molecule has 3 aromatic carbocycles. The van der Waals surface area contributed by atoms with Gasteiger partial charge in [0, 0.05) is 5.56 Å². The number of nitro benzene ring substituents is 1. The molecule has 0 saturated heterocycles. The second-order valence-electron chi connectivity index (χ2n) is 6.92. The predicted molar refractivity (Wildman–Crippen MR) is 126 cm³/mol. The van der Waals surface area contributed by atoms with E-state index in [1.807, 2.05) is 0 Å². The highest BCUT2D eigenvalue weighted by Gasteiger charge is 2.20. The van der Waals surface area contributed by atoms with Crippen LogP contribution in [0.5, 0.6) is 17.2 Å². The number of anilines is 1. The van der Waals surface area contributed by atoms with Crippen LogP contribution in [0.25, 0.3) is 6.08 Å². The highest BCUT2D eigenvalue weighted by molar-refractivity contribution is 6.10. The molecule has 1 N–H and O–H groups in total. The average molecular weight is 473 g/mol. The molecule has 0 aliphatic heterocycles. The highest BCUT2D eigenvalue weighted by atomic mass is 16.6. The number of methoxy groups -OCH3 is 2. The van der Waals surface area contributed by atoms with Crippen LogP contribution in [0.1, 0.15) is 15.9 Å². The second kappa shape index (κ2) is 11.1. The van der Waals surface area contributed by atoms with E-state index in [-0.39, 0.29) is 33.9 Å². The molecular weight excluding hydrogens is 454 g/mol. The number of nitrogens with one attached hydrogen (secondary N) is 1. The predicted octanol–water partition coefficient (Wildman–Crippen LogP) is 4.38. The summed E-state index contributed by atoms with van der Waals surface area (Å²) in [6.45, 7) is 0. The van der Waals surface area contributed by atoms with Crippen molar-refractivity contribution in [2.24, 2.45) is 0 Å². The molecule has 0 heterocycles. The van der Waals surface area contributed by atoms with Crippen LogP contribution in [-0.4, -0.2) is 31.0 Å². The van der Waals surface area contributed by atoms with Crippen molar-refractivity contribution in [1.29, 1.82) is 5.26 Å². The molecule has 0 aromatic heterocycles.